The Balaban J connectivity index is 0.00000625. The highest BCUT2D eigenvalue weighted by atomic mass is 127. The zero-order chi connectivity index (χ0) is 18.5. The van der Waals surface area contributed by atoms with Crippen LogP contribution in [0.15, 0.2) is 9.52 Å². The first-order valence-electron chi connectivity index (χ1n) is 9.45. The number of aliphatic imine (C=N–C) groups is 1. The van der Waals surface area contributed by atoms with Crippen molar-refractivity contribution in [2.75, 3.05) is 32.8 Å². The zero-order valence-electron chi connectivity index (χ0n) is 16.9. The lowest BCUT2D eigenvalue weighted by Gasteiger charge is -2.11. The van der Waals surface area contributed by atoms with Gasteiger partial charge in [-0.1, -0.05) is 32.9 Å². The predicted octanol–water partition coefficient (Wildman–Crippen LogP) is 3.36. The molecule has 1 heterocycles. The first-order chi connectivity index (χ1) is 12.0. The minimum Gasteiger partial charge on any atom is -0.381 e. The van der Waals surface area contributed by atoms with Gasteiger partial charge in [-0.2, -0.15) is 4.98 Å². The molecule has 1 aromatic heterocycles. The normalized spacial score (nSPS) is 11.7. The van der Waals surface area contributed by atoms with Gasteiger partial charge in [0.1, 0.15) is 0 Å². The summed E-state index contributed by atoms with van der Waals surface area (Å²) in [4.78, 5) is 8.96. The van der Waals surface area contributed by atoms with Gasteiger partial charge < -0.3 is 19.9 Å². The molecule has 152 valence electrons. The van der Waals surface area contributed by atoms with Crippen molar-refractivity contribution in [2.45, 2.75) is 59.8 Å². The van der Waals surface area contributed by atoms with Gasteiger partial charge in [-0.3, -0.25) is 4.99 Å². The molecular weight excluding hydrogens is 445 g/mol. The van der Waals surface area contributed by atoms with Crippen LogP contribution in [0.5, 0.6) is 0 Å². The second kappa shape index (κ2) is 15.2. The van der Waals surface area contributed by atoms with Gasteiger partial charge in [-0.25, -0.2) is 0 Å². The fourth-order valence-corrected chi connectivity index (χ4v) is 2.07. The zero-order valence-corrected chi connectivity index (χ0v) is 19.2. The summed E-state index contributed by atoms with van der Waals surface area (Å²) in [6.45, 7) is 14.5. The van der Waals surface area contributed by atoms with Crippen LogP contribution >= 0.6 is 24.0 Å². The number of aromatic nitrogens is 2. The number of hydrogen-bond donors (Lipinski definition) is 2. The van der Waals surface area contributed by atoms with Crippen LogP contribution in [-0.4, -0.2) is 48.9 Å². The fraction of sp³-hybridized carbons (Fsp3) is 0.833. The summed E-state index contributed by atoms with van der Waals surface area (Å²) in [5, 5.41) is 10.6. The van der Waals surface area contributed by atoms with E-state index in [0.29, 0.717) is 17.7 Å². The molecule has 0 unspecified atom stereocenters. The molecule has 8 heteroatoms. The number of halogens is 1. The summed E-state index contributed by atoms with van der Waals surface area (Å²) in [7, 11) is 0. The minimum atomic E-state index is 0. The minimum absolute atomic E-state index is 0. The maximum absolute atomic E-state index is 5.58. The van der Waals surface area contributed by atoms with Crippen molar-refractivity contribution >= 4 is 29.9 Å². The molecule has 0 atom stereocenters. The third kappa shape index (κ3) is 11.7. The standard InChI is InChI=1S/C18H35N5O2.HI/c1-6-19-18(21-11-8-12-24-13-14(2)3)20-10-7-9-16-22-17(15(4)5)23-25-16;/h14-15H,6-13H2,1-5H3,(H2,19,20,21);1H. The van der Waals surface area contributed by atoms with Gasteiger partial charge in [-0.05, 0) is 25.7 Å². The maximum Gasteiger partial charge on any atom is 0.226 e. The molecule has 0 saturated heterocycles. The molecule has 0 aliphatic heterocycles. The molecule has 0 bridgehead atoms. The summed E-state index contributed by atoms with van der Waals surface area (Å²) in [5.74, 6) is 3.19. The van der Waals surface area contributed by atoms with Crippen molar-refractivity contribution in [3.63, 3.8) is 0 Å². The van der Waals surface area contributed by atoms with E-state index >= 15 is 0 Å². The molecule has 0 aromatic carbocycles. The van der Waals surface area contributed by atoms with Crippen molar-refractivity contribution < 1.29 is 9.26 Å². The number of nitrogens with zero attached hydrogens (tertiary/aromatic N) is 3. The Hall–Kier alpha value is -0.900. The highest BCUT2D eigenvalue weighted by Crippen LogP contribution is 2.10. The van der Waals surface area contributed by atoms with Crippen molar-refractivity contribution in [2.24, 2.45) is 10.9 Å². The van der Waals surface area contributed by atoms with Crippen LogP contribution < -0.4 is 10.6 Å². The molecule has 0 radical (unpaired) electrons. The van der Waals surface area contributed by atoms with Gasteiger partial charge in [0.05, 0.1) is 0 Å². The Bertz CT molecular complexity index is 492. The number of nitrogens with one attached hydrogen (secondary N) is 2. The predicted molar refractivity (Wildman–Crippen MR) is 116 cm³/mol. The highest BCUT2D eigenvalue weighted by molar-refractivity contribution is 14.0. The Morgan fingerprint density at radius 2 is 1.96 bits per heavy atom. The molecule has 1 rings (SSSR count). The maximum atomic E-state index is 5.58. The van der Waals surface area contributed by atoms with E-state index < -0.39 is 0 Å². The van der Waals surface area contributed by atoms with Crippen molar-refractivity contribution in [1.29, 1.82) is 0 Å². The van der Waals surface area contributed by atoms with Gasteiger partial charge in [-0.15, -0.1) is 24.0 Å². The van der Waals surface area contributed by atoms with E-state index in [-0.39, 0.29) is 24.0 Å². The molecular formula is C18H36IN5O2. The monoisotopic (exact) mass is 481 g/mol. The Labute approximate surface area is 175 Å². The quantitative estimate of drug-likeness (QED) is 0.206. The molecule has 2 N–H and O–H groups in total. The fourth-order valence-electron chi connectivity index (χ4n) is 2.07. The SMILES string of the molecule is CCNC(=NCCCc1nc(C(C)C)no1)NCCCOCC(C)C.I. The molecule has 1 aromatic rings. The van der Waals surface area contributed by atoms with E-state index in [0.717, 1.165) is 63.9 Å². The van der Waals surface area contributed by atoms with Gasteiger partial charge in [0.15, 0.2) is 11.8 Å². The molecule has 0 spiro atoms. The number of rotatable bonds is 12. The van der Waals surface area contributed by atoms with Gasteiger partial charge in [0.2, 0.25) is 5.89 Å². The van der Waals surface area contributed by atoms with Gasteiger partial charge in [0.25, 0.3) is 0 Å². The van der Waals surface area contributed by atoms with E-state index in [2.05, 4.69) is 60.4 Å². The number of aryl methyl sites for hydroxylation is 1. The molecule has 0 saturated carbocycles. The van der Waals surface area contributed by atoms with Gasteiger partial charge >= 0.3 is 0 Å². The van der Waals surface area contributed by atoms with Crippen LogP contribution in [0.1, 0.15) is 65.1 Å². The number of guanidine groups is 1. The lowest BCUT2D eigenvalue weighted by atomic mass is 10.2. The third-order valence-electron chi connectivity index (χ3n) is 3.37. The van der Waals surface area contributed by atoms with Crippen molar-refractivity contribution in [3.05, 3.63) is 11.7 Å². The van der Waals surface area contributed by atoms with Crippen molar-refractivity contribution in [1.82, 2.24) is 20.8 Å². The number of ether oxygens (including phenoxy) is 1. The van der Waals surface area contributed by atoms with E-state index in [1.165, 1.54) is 0 Å². The summed E-state index contributed by atoms with van der Waals surface area (Å²) in [6.07, 6.45) is 2.61. The van der Waals surface area contributed by atoms with Crippen LogP contribution in [-0.2, 0) is 11.2 Å². The summed E-state index contributed by atoms with van der Waals surface area (Å²) >= 11 is 0. The summed E-state index contributed by atoms with van der Waals surface area (Å²) in [6, 6.07) is 0. The molecule has 0 aliphatic rings. The van der Waals surface area contributed by atoms with Crippen LogP contribution in [0.25, 0.3) is 0 Å². The summed E-state index contributed by atoms with van der Waals surface area (Å²) in [5.41, 5.74) is 0. The second-order valence-electron chi connectivity index (χ2n) is 6.81. The Morgan fingerprint density at radius 3 is 2.58 bits per heavy atom. The third-order valence-corrected chi connectivity index (χ3v) is 3.37. The summed E-state index contributed by atoms with van der Waals surface area (Å²) < 4.78 is 10.8. The van der Waals surface area contributed by atoms with Crippen LogP contribution in [0.2, 0.25) is 0 Å². The van der Waals surface area contributed by atoms with E-state index in [1.807, 2.05) is 0 Å². The topological polar surface area (TPSA) is 84.6 Å². The highest BCUT2D eigenvalue weighted by Gasteiger charge is 2.08. The van der Waals surface area contributed by atoms with Crippen molar-refractivity contribution in [3.8, 4) is 0 Å². The molecule has 7 nitrogen and oxygen atoms in total. The Kier molecular flexibility index (Phi) is 14.7. The molecule has 0 fully saturated rings. The van der Waals surface area contributed by atoms with Crippen LogP contribution in [0.4, 0.5) is 0 Å². The molecule has 0 amide bonds. The average molecular weight is 481 g/mol. The Morgan fingerprint density at radius 1 is 1.19 bits per heavy atom. The van der Waals surface area contributed by atoms with Gasteiger partial charge in [0, 0.05) is 45.2 Å². The molecule has 26 heavy (non-hydrogen) atoms. The number of hydrogen-bond acceptors (Lipinski definition) is 5. The van der Waals surface area contributed by atoms with Crippen LogP contribution in [0, 0.1) is 5.92 Å². The molecule has 0 aliphatic carbocycles. The smallest absolute Gasteiger partial charge is 0.226 e. The first kappa shape index (κ1) is 25.1. The van der Waals surface area contributed by atoms with E-state index in [1.54, 1.807) is 0 Å². The average Bonchev–Trinajstić information content (AvgIpc) is 3.03. The lowest BCUT2D eigenvalue weighted by molar-refractivity contribution is 0.108. The van der Waals surface area contributed by atoms with E-state index in [4.69, 9.17) is 9.26 Å². The largest absolute Gasteiger partial charge is 0.381 e. The first-order valence-corrected chi connectivity index (χ1v) is 9.45. The van der Waals surface area contributed by atoms with E-state index in [9.17, 15) is 0 Å². The second-order valence-corrected chi connectivity index (χ2v) is 6.81. The van der Waals surface area contributed by atoms with Crippen LogP contribution in [0.3, 0.4) is 0 Å². The lowest BCUT2D eigenvalue weighted by Crippen LogP contribution is -2.38.